The summed E-state index contributed by atoms with van der Waals surface area (Å²) in [5, 5.41) is 2.79. The molecule has 0 radical (unpaired) electrons. The zero-order valence-electron chi connectivity index (χ0n) is 19.1. The number of hydrogen-bond acceptors (Lipinski definition) is 6. The van der Waals surface area contributed by atoms with Gasteiger partial charge in [0, 0.05) is 43.8 Å². The maximum atomic E-state index is 14.9. The van der Waals surface area contributed by atoms with Crippen LogP contribution < -0.4 is 15.0 Å². The van der Waals surface area contributed by atoms with Gasteiger partial charge in [0.1, 0.15) is 5.76 Å². The first kappa shape index (κ1) is 21.0. The van der Waals surface area contributed by atoms with Gasteiger partial charge in [-0.3, -0.25) is 4.79 Å². The fraction of sp³-hybridized carbons (Fsp3) is 0.600. The number of amides is 1. The van der Waals surface area contributed by atoms with Gasteiger partial charge in [0.2, 0.25) is 0 Å². The van der Waals surface area contributed by atoms with E-state index in [2.05, 4.69) is 10.3 Å². The zero-order valence-corrected chi connectivity index (χ0v) is 19.1. The van der Waals surface area contributed by atoms with Gasteiger partial charge in [-0.2, -0.15) is 4.98 Å². The minimum absolute atomic E-state index is 0.0959. The molecule has 33 heavy (non-hydrogen) atoms. The van der Waals surface area contributed by atoms with Crippen LogP contribution in [-0.2, 0) is 11.2 Å². The van der Waals surface area contributed by atoms with Gasteiger partial charge in [-0.15, -0.1) is 0 Å². The van der Waals surface area contributed by atoms with E-state index in [0.29, 0.717) is 41.1 Å². The quantitative estimate of drug-likeness (QED) is 0.698. The number of carbonyl (C=O) groups is 1. The van der Waals surface area contributed by atoms with Crippen molar-refractivity contribution in [1.82, 2.24) is 4.98 Å². The monoisotopic (exact) mass is 455 g/mol. The number of aromatic nitrogens is 1. The Bertz CT molecular complexity index is 1040. The number of nitrogens with one attached hydrogen (secondary N) is 1. The predicted molar refractivity (Wildman–Crippen MR) is 120 cm³/mol. The van der Waals surface area contributed by atoms with E-state index in [9.17, 15) is 9.18 Å². The number of carbonyl (C=O) groups excluding carboxylic acids is 1. The number of hydrogen-bond donors (Lipinski definition) is 1. The highest BCUT2D eigenvalue weighted by atomic mass is 19.1. The van der Waals surface area contributed by atoms with E-state index in [-0.39, 0.29) is 17.9 Å². The molecule has 5 atom stereocenters. The maximum Gasteiger partial charge on any atom is 0.298 e. The molecule has 4 unspecified atom stereocenters. The standard InChI is InChI=1S/C25H30FN3O4/c1-3-20-22(28-25(33-20)29-11-14-4-5-31-21(14)12-29)24(30)27-17-6-13(2)23(19(26)10-17)32-18-8-15-7-16(15)9-18/h6,10,14-16,18,21H,3-5,7-9,11-12H2,1-2H3,(H,27,30)/t14?,15-,16?,18?,21?/m0/s1. The summed E-state index contributed by atoms with van der Waals surface area (Å²) in [4.78, 5) is 19.6. The van der Waals surface area contributed by atoms with Gasteiger partial charge in [0.25, 0.3) is 11.9 Å². The second-order valence-corrected chi connectivity index (χ2v) is 10.0. The van der Waals surface area contributed by atoms with Crippen molar-refractivity contribution in [2.75, 3.05) is 29.9 Å². The van der Waals surface area contributed by atoms with Crippen LogP contribution in [-0.4, -0.2) is 42.8 Å². The molecule has 6 rings (SSSR count). The minimum atomic E-state index is -0.453. The Balaban J connectivity index is 1.16. The number of aryl methyl sites for hydroxylation is 2. The lowest BCUT2D eigenvalue weighted by molar-refractivity contribution is 0.102. The van der Waals surface area contributed by atoms with E-state index in [1.165, 1.54) is 12.5 Å². The maximum absolute atomic E-state index is 14.9. The Morgan fingerprint density at radius 1 is 1.24 bits per heavy atom. The molecular formula is C25H30FN3O4. The average Bonchev–Trinajstić information content (AvgIpc) is 3.25. The Hall–Kier alpha value is -2.61. The fourth-order valence-corrected chi connectivity index (χ4v) is 5.79. The van der Waals surface area contributed by atoms with Crippen LogP contribution in [0.2, 0.25) is 0 Å². The summed E-state index contributed by atoms with van der Waals surface area (Å²) in [5.41, 5.74) is 1.30. The Morgan fingerprint density at radius 2 is 2.06 bits per heavy atom. The van der Waals surface area contributed by atoms with Gasteiger partial charge in [0.05, 0.1) is 12.2 Å². The fourth-order valence-electron chi connectivity index (χ4n) is 5.79. The second-order valence-electron chi connectivity index (χ2n) is 10.0. The number of fused-ring (bicyclic) bond motifs is 2. The Labute approximate surface area is 192 Å². The van der Waals surface area contributed by atoms with Crippen molar-refractivity contribution in [1.29, 1.82) is 0 Å². The van der Waals surface area contributed by atoms with E-state index >= 15 is 0 Å². The lowest BCUT2D eigenvalue weighted by Gasteiger charge is -2.18. The molecule has 8 heteroatoms. The summed E-state index contributed by atoms with van der Waals surface area (Å²) in [6, 6.07) is 3.52. The van der Waals surface area contributed by atoms with Crippen LogP contribution >= 0.6 is 0 Å². The van der Waals surface area contributed by atoms with Crippen molar-refractivity contribution < 1.29 is 23.1 Å². The summed E-state index contributed by atoms with van der Waals surface area (Å²) in [5.74, 6) is 1.98. The predicted octanol–water partition coefficient (Wildman–Crippen LogP) is 4.34. The average molecular weight is 456 g/mol. The molecule has 2 aliphatic carbocycles. The largest absolute Gasteiger partial charge is 0.487 e. The lowest BCUT2D eigenvalue weighted by atomic mass is 10.1. The summed E-state index contributed by atoms with van der Waals surface area (Å²) < 4.78 is 32.5. The summed E-state index contributed by atoms with van der Waals surface area (Å²) in [6.07, 6.45) is 5.21. The van der Waals surface area contributed by atoms with Crippen LogP contribution in [0.25, 0.3) is 0 Å². The number of oxazole rings is 1. The first-order valence-corrected chi connectivity index (χ1v) is 12.1. The second kappa shape index (κ2) is 8.01. The molecule has 1 aromatic heterocycles. The van der Waals surface area contributed by atoms with Gasteiger partial charge in [-0.25, -0.2) is 4.39 Å². The smallest absolute Gasteiger partial charge is 0.298 e. The van der Waals surface area contributed by atoms with E-state index < -0.39 is 11.7 Å². The van der Waals surface area contributed by atoms with E-state index in [4.69, 9.17) is 13.9 Å². The molecule has 2 saturated carbocycles. The van der Waals surface area contributed by atoms with Gasteiger partial charge < -0.3 is 24.1 Å². The zero-order chi connectivity index (χ0) is 22.7. The molecule has 4 aliphatic rings. The van der Waals surface area contributed by atoms with Crippen molar-refractivity contribution in [2.45, 2.75) is 58.2 Å². The summed E-state index contributed by atoms with van der Waals surface area (Å²) in [7, 11) is 0. The molecular weight excluding hydrogens is 425 g/mol. The van der Waals surface area contributed by atoms with Gasteiger partial charge in [0.15, 0.2) is 17.3 Å². The van der Waals surface area contributed by atoms with E-state index in [0.717, 1.165) is 50.8 Å². The molecule has 0 spiro atoms. The molecule has 1 N–H and O–H groups in total. The van der Waals surface area contributed by atoms with Crippen LogP contribution in [0.15, 0.2) is 16.5 Å². The molecule has 2 aromatic rings. The molecule has 2 saturated heterocycles. The molecule has 3 heterocycles. The normalized spacial score (nSPS) is 29.8. The first-order chi connectivity index (χ1) is 16.0. The van der Waals surface area contributed by atoms with Crippen LogP contribution in [0, 0.1) is 30.5 Å². The van der Waals surface area contributed by atoms with Gasteiger partial charge >= 0.3 is 0 Å². The molecule has 1 amide bonds. The van der Waals surface area contributed by atoms with Gasteiger partial charge in [-0.1, -0.05) is 6.92 Å². The summed E-state index contributed by atoms with van der Waals surface area (Å²) in [6.45, 7) is 6.09. The van der Waals surface area contributed by atoms with Crippen molar-refractivity contribution in [3.8, 4) is 5.75 Å². The number of halogens is 1. The molecule has 0 bridgehead atoms. The lowest BCUT2D eigenvalue weighted by Crippen LogP contribution is -2.23. The third-order valence-corrected chi connectivity index (χ3v) is 7.67. The third kappa shape index (κ3) is 3.88. The van der Waals surface area contributed by atoms with Crippen molar-refractivity contribution in [3.63, 3.8) is 0 Å². The van der Waals surface area contributed by atoms with E-state index in [1.807, 2.05) is 18.7 Å². The van der Waals surface area contributed by atoms with Crippen LogP contribution in [0.3, 0.4) is 0 Å². The Morgan fingerprint density at radius 3 is 2.79 bits per heavy atom. The molecule has 176 valence electrons. The Kier molecular flexibility index (Phi) is 5.09. The third-order valence-electron chi connectivity index (χ3n) is 7.67. The highest BCUT2D eigenvalue weighted by Gasteiger charge is 2.47. The van der Waals surface area contributed by atoms with Crippen LogP contribution in [0.1, 0.15) is 54.4 Å². The van der Waals surface area contributed by atoms with Crippen LogP contribution in [0.5, 0.6) is 5.75 Å². The van der Waals surface area contributed by atoms with E-state index in [1.54, 1.807) is 6.07 Å². The number of anilines is 2. The van der Waals surface area contributed by atoms with Crippen molar-refractivity contribution in [3.05, 3.63) is 35.0 Å². The summed E-state index contributed by atoms with van der Waals surface area (Å²) >= 11 is 0. The number of ether oxygens (including phenoxy) is 2. The van der Waals surface area contributed by atoms with Gasteiger partial charge in [-0.05, 0) is 56.1 Å². The highest BCUT2D eigenvalue weighted by Crippen LogP contribution is 2.52. The molecule has 1 aromatic carbocycles. The topological polar surface area (TPSA) is 76.8 Å². The number of benzene rings is 1. The number of rotatable bonds is 6. The minimum Gasteiger partial charge on any atom is -0.487 e. The molecule has 2 aliphatic heterocycles. The SMILES string of the molecule is CCc1oc(N2CC3CCOC3C2)nc1C(=O)Nc1cc(C)c(OC2CC3C[C@H]3C2)c(F)c1. The number of nitrogens with zero attached hydrogens (tertiary/aromatic N) is 2. The van der Waals surface area contributed by atoms with Crippen molar-refractivity contribution >= 4 is 17.6 Å². The highest BCUT2D eigenvalue weighted by molar-refractivity contribution is 6.03. The molecule has 7 nitrogen and oxygen atoms in total. The van der Waals surface area contributed by atoms with Crippen LogP contribution in [0.4, 0.5) is 16.1 Å². The first-order valence-electron chi connectivity index (χ1n) is 12.1. The van der Waals surface area contributed by atoms with Crippen molar-refractivity contribution in [2.24, 2.45) is 17.8 Å². The molecule has 4 fully saturated rings.